The molecule has 0 saturated heterocycles. The van der Waals surface area contributed by atoms with Crippen LogP contribution in [0, 0.1) is 0 Å². The third-order valence-electron chi connectivity index (χ3n) is 3.99. The number of carbonyl (C=O) groups excluding carboxylic acids is 2. The van der Waals surface area contributed by atoms with Gasteiger partial charge in [-0.05, 0) is 50.1 Å². The van der Waals surface area contributed by atoms with Crippen LogP contribution in [0.2, 0.25) is 0 Å². The van der Waals surface area contributed by atoms with Crippen LogP contribution in [-0.4, -0.2) is 48.4 Å². The Kier molecular flexibility index (Phi) is 6.73. The number of nitrogens with two attached hydrogens (primary N) is 1. The van der Waals surface area contributed by atoms with Gasteiger partial charge in [0.15, 0.2) is 0 Å². The number of nitrogens with one attached hydrogen (secondary N) is 2. The third-order valence-corrected chi connectivity index (χ3v) is 3.99. The molecule has 8 nitrogen and oxygen atoms in total. The van der Waals surface area contributed by atoms with E-state index in [1.54, 1.807) is 38.1 Å². The summed E-state index contributed by atoms with van der Waals surface area (Å²) in [4.78, 5) is 24.1. The van der Waals surface area contributed by atoms with Crippen LogP contribution >= 0.6 is 0 Å². The Labute approximate surface area is 152 Å². The van der Waals surface area contributed by atoms with Crippen molar-refractivity contribution in [2.24, 2.45) is 5.73 Å². The van der Waals surface area contributed by atoms with Gasteiger partial charge in [-0.1, -0.05) is 6.08 Å². The minimum Gasteiger partial charge on any atom is -0.489 e. The minimum absolute atomic E-state index is 0.350. The average molecular weight is 363 g/mol. The van der Waals surface area contributed by atoms with Crippen molar-refractivity contribution in [3.63, 3.8) is 0 Å². The lowest BCUT2D eigenvalue weighted by Crippen LogP contribution is -2.61. The van der Waals surface area contributed by atoms with E-state index in [4.69, 9.17) is 20.4 Å². The van der Waals surface area contributed by atoms with Crippen molar-refractivity contribution in [3.8, 4) is 5.75 Å². The van der Waals surface area contributed by atoms with Gasteiger partial charge in [-0.25, -0.2) is 5.48 Å². The molecule has 0 bridgehead atoms. The van der Waals surface area contributed by atoms with E-state index in [2.05, 4.69) is 5.32 Å². The van der Waals surface area contributed by atoms with E-state index in [0.717, 1.165) is 6.42 Å². The molecule has 0 saturated carbocycles. The lowest BCUT2D eigenvalue weighted by Gasteiger charge is -2.29. The van der Waals surface area contributed by atoms with Crippen LogP contribution in [0.4, 0.5) is 0 Å². The van der Waals surface area contributed by atoms with Crippen molar-refractivity contribution < 1.29 is 24.3 Å². The summed E-state index contributed by atoms with van der Waals surface area (Å²) in [5.74, 6) is -0.621. The summed E-state index contributed by atoms with van der Waals surface area (Å²) in [5, 5.41) is 11.3. The second kappa shape index (κ2) is 8.79. The summed E-state index contributed by atoms with van der Waals surface area (Å²) in [6.45, 7) is 4.95. The molecule has 0 radical (unpaired) electrons. The molecule has 142 valence electrons. The van der Waals surface area contributed by atoms with Crippen LogP contribution < -0.4 is 21.3 Å². The van der Waals surface area contributed by atoms with E-state index in [-0.39, 0.29) is 0 Å². The molecule has 2 rings (SSSR count). The maximum Gasteiger partial charge on any atom is 0.267 e. The Morgan fingerprint density at radius 1 is 1.35 bits per heavy atom. The number of hydrogen-bond donors (Lipinski definition) is 4. The van der Waals surface area contributed by atoms with Crippen molar-refractivity contribution in [3.05, 3.63) is 41.5 Å². The molecule has 1 aliphatic rings. The fourth-order valence-electron chi connectivity index (χ4n) is 2.44. The minimum atomic E-state index is -1.09. The van der Waals surface area contributed by atoms with Gasteiger partial charge in [0.1, 0.15) is 18.4 Å². The van der Waals surface area contributed by atoms with Crippen LogP contribution in [0.15, 0.2) is 35.9 Å². The van der Waals surface area contributed by atoms with E-state index in [1.165, 1.54) is 11.1 Å². The Balaban J connectivity index is 1.96. The number of benzene rings is 1. The van der Waals surface area contributed by atoms with Gasteiger partial charge in [0.2, 0.25) is 0 Å². The normalized spacial score (nSPS) is 15.6. The van der Waals surface area contributed by atoms with Gasteiger partial charge in [-0.3, -0.25) is 14.8 Å². The largest absolute Gasteiger partial charge is 0.489 e. The molecule has 0 unspecified atom stereocenters. The van der Waals surface area contributed by atoms with Crippen molar-refractivity contribution >= 4 is 11.8 Å². The lowest BCUT2D eigenvalue weighted by molar-refractivity contribution is -0.132. The quantitative estimate of drug-likeness (QED) is 0.322. The number of hydrogen-bond acceptors (Lipinski definition) is 6. The standard InChI is InChI=1S/C18H25N3O5/c1-18(2,19)15(17(23)21-24)20-16(22)13-3-5-14(6-4-13)26-11-12-7-9-25-10-8-12/h3-7,15,24H,8-11,19H2,1-2H3,(H,20,22)(H,21,23)/t15-/m1/s1. The van der Waals surface area contributed by atoms with E-state index in [9.17, 15) is 9.59 Å². The second-order valence-electron chi connectivity index (χ2n) is 6.70. The molecule has 1 aliphatic heterocycles. The molecule has 1 aromatic carbocycles. The molecule has 0 spiro atoms. The number of amides is 2. The molecule has 8 heteroatoms. The maximum atomic E-state index is 12.3. The number of ether oxygens (including phenoxy) is 2. The maximum absolute atomic E-state index is 12.3. The van der Waals surface area contributed by atoms with Gasteiger partial charge in [-0.2, -0.15) is 0 Å². The Morgan fingerprint density at radius 2 is 2.04 bits per heavy atom. The van der Waals surface area contributed by atoms with Crippen molar-refractivity contribution in [2.45, 2.75) is 31.8 Å². The molecule has 2 amide bonds. The summed E-state index contributed by atoms with van der Waals surface area (Å²) < 4.78 is 10.9. The summed E-state index contributed by atoms with van der Waals surface area (Å²) in [6.07, 6.45) is 2.86. The van der Waals surface area contributed by atoms with E-state index < -0.39 is 23.4 Å². The molecule has 1 atom stereocenters. The zero-order valence-electron chi connectivity index (χ0n) is 15.0. The van der Waals surface area contributed by atoms with Crippen LogP contribution in [-0.2, 0) is 9.53 Å². The summed E-state index contributed by atoms with van der Waals surface area (Å²) in [7, 11) is 0. The first kappa shape index (κ1) is 19.9. The zero-order chi connectivity index (χ0) is 19.2. The molecular weight excluding hydrogens is 338 g/mol. The average Bonchev–Trinajstić information content (AvgIpc) is 2.64. The number of rotatable bonds is 7. The fraction of sp³-hybridized carbons (Fsp3) is 0.444. The molecule has 0 fully saturated rings. The molecule has 1 heterocycles. The van der Waals surface area contributed by atoms with Crippen LogP contribution in [0.5, 0.6) is 5.75 Å². The summed E-state index contributed by atoms with van der Waals surface area (Å²) >= 11 is 0. The molecule has 5 N–H and O–H groups in total. The van der Waals surface area contributed by atoms with Crippen LogP contribution in [0.25, 0.3) is 0 Å². The van der Waals surface area contributed by atoms with Gasteiger partial charge < -0.3 is 20.5 Å². The molecular formula is C18H25N3O5. The first-order valence-electron chi connectivity index (χ1n) is 8.33. The molecule has 0 aromatic heterocycles. The highest BCUT2D eigenvalue weighted by Gasteiger charge is 2.33. The Morgan fingerprint density at radius 3 is 2.58 bits per heavy atom. The van der Waals surface area contributed by atoms with Gasteiger partial charge in [-0.15, -0.1) is 0 Å². The van der Waals surface area contributed by atoms with Gasteiger partial charge in [0.25, 0.3) is 11.8 Å². The van der Waals surface area contributed by atoms with Crippen molar-refractivity contribution in [2.75, 3.05) is 19.8 Å². The van der Waals surface area contributed by atoms with Gasteiger partial charge >= 0.3 is 0 Å². The SMILES string of the molecule is CC(C)(N)[C@H](NC(=O)c1ccc(OCC2=CCOCC2)cc1)C(=O)NO. The Bertz CT molecular complexity index is 664. The molecule has 0 aliphatic carbocycles. The first-order chi connectivity index (χ1) is 12.3. The molecule has 26 heavy (non-hydrogen) atoms. The lowest BCUT2D eigenvalue weighted by atomic mass is 9.95. The van der Waals surface area contributed by atoms with Gasteiger partial charge in [0, 0.05) is 11.1 Å². The predicted octanol–water partition coefficient (Wildman–Crippen LogP) is 0.753. The summed E-state index contributed by atoms with van der Waals surface area (Å²) in [6, 6.07) is 5.48. The van der Waals surface area contributed by atoms with E-state index in [0.29, 0.717) is 31.1 Å². The first-order valence-corrected chi connectivity index (χ1v) is 8.33. The highest BCUT2D eigenvalue weighted by atomic mass is 16.5. The third kappa shape index (κ3) is 5.55. The highest BCUT2D eigenvalue weighted by molar-refractivity contribution is 5.97. The second-order valence-corrected chi connectivity index (χ2v) is 6.70. The van der Waals surface area contributed by atoms with Crippen LogP contribution in [0.1, 0.15) is 30.6 Å². The van der Waals surface area contributed by atoms with Gasteiger partial charge in [0.05, 0.1) is 13.2 Å². The fourth-order valence-corrected chi connectivity index (χ4v) is 2.44. The van der Waals surface area contributed by atoms with Crippen LogP contribution in [0.3, 0.4) is 0 Å². The Hall–Kier alpha value is -2.42. The van der Waals surface area contributed by atoms with Crippen molar-refractivity contribution in [1.29, 1.82) is 0 Å². The number of carbonyl (C=O) groups is 2. The zero-order valence-corrected chi connectivity index (χ0v) is 15.0. The van der Waals surface area contributed by atoms with E-state index >= 15 is 0 Å². The number of hydroxylamine groups is 1. The predicted molar refractivity (Wildman–Crippen MR) is 94.9 cm³/mol. The smallest absolute Gasteiger partial charge is 0.267 e. The van der Waals surface area contributed by atoms with Crippen molar-refractivity contribution in [1.82, 2.24) is 10.8 Å². The summed E-state index contributed by atoms with van der Waals surface area (Å²) in [5.41, 5.74) is 7.89. The highest BCUT2D eigenvalue weighted by Crippen LogP contribution is 2.16. The monoisotopic (exact) mass is 363 g/mol. The topological polar surface area (TPSA) is 123 Å². The molecule has 1 aromatic rings. The van der Waals surface area contributed by atoms with E-state index in [1.807, 2.05) is 6.08 Å².